The minimum atomic E-state index is 0.326. The summed E-state index contributed by atoms with van der Waals surface area (Å²) in [5, 5.41) is 7.47. The second-order valence-corrected chi connectivity index (χ2v) is 7.31. The molecule has 1 saturated heterocycles. The lowest BCUT2D eigenvalue weighted by atomic mass is 10.1. The summed E-state index contributed by atoms with van der Waals surface area (Å²) in [6, 6.07) is 19.2. The van der Waals surface area contributed by atoms with Crippen LogP contribution in [-0.2, 0) is 6.42 Å². The Hall–Kier alpha value is -2.11. The molecule has 0 aliphatic carbocycles. The van der Waals surface area contributed by atoms with Crippen molar-refractivity contribution in [3.63, 3.8) is 0 Å². The average Bonchev–Trinajstić information content (AvgIpc) is 3.24. The Labute approximate surface area is 167 Å². The molecule has 0 amide bonds. The Bertz CT molecular complexity index is 699. The third kappa shape index (κ3) is 5.94. The number of benzene rings is 2. The van der Waals surface area contributed by atoms with Crippen LogP contribution in [0, 0.1) is 0 Å². The molecule has 27 heavy (non-hydrogen) atoms. The lowest BCUT2D eigenvalue weighted by molar-refractivity contribution is 0.245. The number of rotatable bonds is 8. The molecule has 0 spiro atoms. The number of likely N-dealkylation sites (tertiary alicyclic amines) is 1. The van der Waals surface area contributed by atoms with Gasteiger partial charge in [0.1, 0.15) is 5.75 Å². The molecule has 0 saturated carbocycles. The molecular formula is C22H29N3OS. The van der Waals surface area contributed by atoms with Crippen LogP contribution in [0.15, 0.2) is 54.6 Å². The number of hydrogen-bond acceptors (Lipinski definition) is 3. The molecule has 3 rings (SSSR count). The summed E-state index contributed by atoms with van der Waals surface area (Å²) in [5.41, 5.74) is 2.62. The second-order valence-electron chi connectivity index (χ2n) is 6.90. The highest BCUT2D eigenvalue weighted by atomic mass is 32.1. The summed E-state index contributed by atoms with van der Waals surface area (Å²) < 4.78 is 5.29. The Morgan fingerprint density at radius 2 is 1.74 bits per heavy atom. The van der Waals surface area contributed by atoms with Gasteiger partial charge in [0.05, 0.1) is 13.2 Å². The third-order valence-electron chi connectivity index (χ3n) is 5.08. The van der Waals surface area contributed by atoms with Crippen molar-refractivity contribution in [1.82, 2.24) is 15.5 Å². The molecule has 1 heterocycles. The molecule has 2 aromatic carbocycles. The van der Waals surface area contributed by atoms with Crippen LogP contribution in [0.3, 0.4) is 0 Å². The van der Waals surface area contributed by atoms with Crippen molar-refractivity contribution in [3.05, 3.63) is 65.7 Å². The molecule has 0 radical (unpaired) electrons. The first kappa shape index (κ1) is 19.6. The molecule has 4 nitrogen and oxygen atoms in total. The van der Waals surface area contributed by atoms with E-state index in [1.165, 1.54) is 24.0 Å². The highest BCUT2D eigenvalue weighted by Gasteiger charge is 2.23. The molecule has 2 aromatic rings. The van der Waals surface area contributed by atoms with Gasteiger partial charge in [-0.1, -0.05) is 42.5 Å². The van der Waals surface area contributed by atoms with Gasteiger partial charge in [-0.3, -0.25) is 4.90 Å². The van der Waals surface area contributed by atoms with Crippen molar-refractivity contribution in [2.24, 2.45) is 0 Å². The monoisotopic (exact) mass is 383 g/mol. The van der Waals surface area contributed by atoms with Crippen molar-refractivity contribution in [3.8, 4) is 5.75 Å². The van der Waals surface area contributed by atoms with Crippen molar-refractivity contribution < 1.29 is 4.74 Å². The summed E-state index contributed by atoms with van der Waals surface area (Å²) in [6.45, 7) is 3.94. The van der Waals surface area contributed by atoms with E-state index in [0.717, 1.165) is 43.5 Å². The van der Waals surface area contributed by atoms with Crippen LogP contribution in [0.2, 0.25) is 0 Å². The Kier molecular flexibility index (Phi) is 7.48. The van der Waals surface area contributed by atoms with E-state index in [9.17, 15) is 0 Å². The van der Waals surface area contributed by atoms with Gasteiger partial charge in [-0.2, -0.15) is 0 Å². The van der Waals surface area contributed by atoms with Gasteiger partial charge in [0.15, 0.2) is 5.11 Å². The summed E-state index contributed by atoms with van der Waals surface area (Å²) in [6.07, 6.45) is 3.51. The van der Waals surface area contributed by atoms with Gasteiger partial charge < -0.3 is 15.4 Å². The minimum Gasteiger partial charge on any atom is -0.497 e. The Morgan fingerprint density at radius 1 is 1.04 bits per heavy atom. The Morgan fingerprint density at radius 3 is 2.41 bits per heavy atom. The molecule has 2 N–H and O–H groups in total. The van der Waals surface area contributed by atoms with Crippen LogP contribution >= 0.6 is 12.2 Å². The quantitative estimate of drug-likeness (QED) is 0.682. The van der Waals surface area contributed by atoms with Crippen LogP contribution in [-0.4, -0.2) is 43.3 Å². The normalized spacial score (nSPS) is 15.3. The third-order valence-corrected chi connectivity index (χ3v) is 5.37. The summed E-state index contributed by atoms with van der Waals surface area (Å²) in [4.78, 5) is 2.54. The number of thiocarbonyl (C=S) groups is 1. The summed E-state index contributed by atoms with van der Waals surface area (Å²) in [7, 11) is 1.70. The van der Waals surface area contributed by atoms with Crippen LogP contribution in [0.4, 0.5) is 0 Å². The second kappa shape index (κ2) is 10.3. The van der Waals surface area contributed by atoms with E-state index in [1.807, 2.05) is 18.2 Å². The zero-order valence-electron chi connectivity index (χ0n) is 16.0. The van der Waals surface area contributed by atoms with Crippen LogP contribution in [0.25, 0.3) is 0 Å². The molecule has 1 aliphatic heterocycles. The predicted octanol–water partition coefficient (Wildman–Crippen LogP) is 3.54. The smallest absolute Gasteiger partial charge is 0.166 e. The largest absolute Gasteiger partial charge is 0.497 e. The van der Waals surface area contributed by atoms with E-state index < -0.39 is 0 Å². The van der Waals surface area contributed by atoms with E-state index in [2.05, 4.69) is 51.9 Å². The maximum absolute atomic E-state index is 5.49. The van der Waals surface area contributed by atoms with Crippen molar-refractivity contribution in [2.75, 3.05) is 33.3 Å². The number of hydrogen-bond donors (Lipinski definition) is 2. The predicted molar refractivity (Wildman–Crippen MR) is 115 cm³/mol. The maximum Gasteiger partial charge on any atom is 0.166 e. The van der Waals surface area contributed by atoms with Gasteiger partial charge in [0.25, 0.3) is 0 Å². The minimum absolute atomic E-state index is 0.326. The first-order chi connectivity index (χ1) is 13.3. The molecule has 1 unspecified atom stereocenters. The van der Waals surface area contributed by atoms with Gasteiger partial charge in [-0.05, 0) is 67.8 Å². The van der Waals surface area contributed by atoms with Gasteiger partial charge in [-0.25, -0.2) is 0 Å². The van der Waals surface area contributed by atoms with Crippen molar-refractivity contribution in [2.45, 2.75) is 25.3 Å². The molecule has 5 heteroatoms. The van der Waals surface area contributed by atoms with Crippen molar-refractivity contribution in [1.29, 1.82) is 0 Å². The van der Waals surface area contributed by atoms with Crippen LogP contribution < -0.4 is 15.4 Å². The van der Waals surface area contributed by atoms with Gasteiger partial charge >= 0.3 is 0 Å². The zero-order chi connectivity index (χ0) is 18.9. The number of nitrogens with zero attached hydrogens (tertiary/aromatic N) is 1. The highest BCUT2D eigenvalue weighted by Crippen LogP contribution is 2.26. The van der Waals surface area contributed by atoms with E-state index >= 15 is 0 Å². The maximum atomic E-state index is 5.49. The summed E-state index contributed by atoms with van der Waals surface area (Å²) in [5.74, 6) is 0.894. The molecule has 1 atom stereocenters. The first-order valence-corrected chi connectivity index (χ1v) is 10.1. The molecule has 0 aromatic heterocycles. The lowest BCUT2D eigenvalue weighted by Crippen LogP contribution is -2.42. The summed E-state index contributed by atoms with van der Waals surface area (Å²) >= 11 is 5.49. The molecular weight excluding hydrogens is 354 g/mol. The number of nitrogens with one attached hydrogen (secondary N) is 2. The number of methoxy groups -OCH3 is 1. The standard InChI is InChI=1S/C22H29N3OS/c1-26-20-11-9-19(10-12-20)21(25-15-5-6-16-25)17-24-22(27)23-14-13-18-7-3-2-4-8-18/h2-4,7-12,21H,5-6,13-17H2,1H3,(H2,23,24,27). The van der Waals surface area contributed by atoms with E-state index in [4.69, 9.17) is 17.0 Å². The van der Waals surface area contributed by atoms with E-state index in [-0.39, 0.29) is 0 Å². The van der Waals surface area contributed by atoms with Gasteiger partial charge in [0, 0.05) is 13.1 Å². The molecule has 1 aliphatic rings. The fraction of sp³-hybridized carbons (Fsp3) is 0.409. The zero-order valence-corrected chi connectivity index (χ0v) is 16.8. The van der Waals surface area contributed by atoms with E-state index in [0.29, 0.717) is 6.04 Å². The number of ether oxygens (including phenoxy) is 1. The van der Waals surface area contributed by atoms with Crippen LogP contribution in [0.5, 0.6) is 5.75 Å². The fourth-order valence-corrected chi connectivity index (χ4v) is 3.74. The molecule has 0 bridgehead atoms. The van der Waals surface area contributed by atoms with Crippen molar-refractivity contribution >= 4 is 17.3 Å². The molecule has 1 fully saturated rings. The van der Waals surface area contributed by atoms with Gasteiger partial charge in [0.2, 0.25) is 0 Å². The lowest BCUT2D eigenvalue weighted by Gasteiger charge is -2.29. The Balaban J connectivity index is 1.51. The average molecular weight is 384 g/mol. The SMILES string of the molecule is COc1ccc(C(CNC(=S)NCCc2ccccc2)N2CCCC2)cc1. The molecule has 144 valence electrons. The van der Waals surface area contributed by atoms with Crippen LogP contribution in [0.1, 0.15) is 30.0 Å². The topological polar surface area (TPSA) is 36.5 Å². The fourth-order valence-electron chi connectivity index (χ4n) is 3.55. The first-order valence-electron chi connectivity index (χ1n) is 9.70. The van der Waals surface area contributed by atoms with Gasteiger partial charge in [-0.15, -0.1) is 0 Å². The highest BCUT2D eigenvalue weighted by molar-refractivity contribution is 7.80. The van der Waals surface area contributed by atoms with E-state index in [1.54, 1.807) is 7.11 Å².